The number of likely N-dealkylation sites (tertiary alicyclic amines) is 1. The number of piperidine rings is 1. The molecule has 2 atom stereocenters. The van der Waals surface area contributed by atoms with Crippen molar-refractivity contribution in [2.45, 2.75) is 56.4 Å². The maximum atomic E-state index is 12.4. The first-order valence-electron chi connectivity index (χ1n) is 10.9. The van der Waals surface area contributed by atoms with Gasteiger partial charge in [0, 0.05) is 30.5 Å². The standard InChI is InChI=1S/C24H31NO5/c1-29-18-8-7-17-12-21-20(14-23(28)30-2)24(19(17)13-18,9-3-4-22(26)27)10-11-25(21)15-16-5-6-16/h7-8,13-14,16,21H,3-6,9-12,15H2,1-2H3,(H,26,27)/b20-14+/t21-,24+/m1/s1. The summed E-state index contributed by atoms with van der Waals surface area (Å²) in [5.74, 6) is 0.440. The number of nitrogens with zero attached hydrogens (tertiary/aromatic N) is 1. The van der Waals surface area contributed by atoms with Gasteiger partial charge in [-0.1, -0.05) is 6.07 Å². The number of carboxylic acids is 1. The Kier molecular flexibility index (Phi) is 5.87. The fourth-order valence-electron chi connectivity index (χ4n) is 5.41. The molecule has 0 amide bonds. The third-order valence-corrected chi connectivity index (χ3v) is 7.08. The largest absolute Gasteiger partial charge is 0.497 e. The first kappa shape index (κ1) is 20.9. The van der Waals surface area contributed by atoms with Crippen LogP contribution in [0.3, 0.4) is 0 Å². The molecule has 0 aromatic heterocycles. The third kappa shape index (κ3) is 3.97. The van der Waals surface area contributed by atoms with Gasteiger partial charge in [0.2, 0.25) is 0 Å². The molecule has 2 fully saturated rings. The summed E-state index contributed by atoms with van der Waals surface area (Å²) < 4.78 is 10.5. The average Bonchev–Trinajstić information content (AvgIpc) is 3.55. The Morgan fingerprint density at radius 1 is 1.30 bits per heavy atom. The van der Waals surface area contributed by atoms with E-state index in [1.165, 1.54) is 31.1 Å². The lowest BCUT2D eigenvalue weighted by Crippen LogP contribution is -2.55. The molecule has 1 saturated heterocycles. The van der Waals surface area contributed by atoms with E-state index in [-0.39, 0.29) is 23.8 Å². The number of rotatable bonds is 8. The van der Waals surface area contributed by atoms with Gasteiger partial charge in [0.05, 0.1) is 14.2 Å². The van der Waals surface area contributed by atoms with Crippen molar-refractivity contribution in [3.05, 3.63) is 41.0 Å². The van der Waals surface area contributed by atoms with Crippen LogP contribution in [0.15, 0.2) is 29.8 Å². The topological polar surface area (TPSA) is 76.1 Å². The van der Waals surface area contributed by atoms with Crippen LogP contribution in [0.1, 0.15) is 49.7 Å². The van der Waals surface area contributed by atoms with E-state index in [0.717, 1.165) is 43.2 Å². The molecule has 6 heteroatoms. The Morgan fingerprint density at radius 2 is 2.10 bits per heavy atom. The molecule has 0 unspecified atom stereocenters. The molecule has 1 aromatic rings. The average molecular weight is 414 g/mol. The molecule has 3 aliphatic rings. The van der Waals surface area contributed by atoms with E-state index in [1.807, 2.05) is 6.07 Å². The maximum absolute atomic E-state index is 12.4. The van der Waals surface area contributed by atoms with Gasteiger partial charge in [-0.15, -0.1) is 0 Å². The number of esters is 1. The zero-order valence-electron chi connectivity index (χ0n) is 17.9. The van der Waals surface area contributed by atoms with Crippen LogP contribution in [0.25, 0.3) is 0 Å². The molecule has 1 saturated carbocycles. The predicted molar refractivity (Wildman–Crippen MR) is 113 cm³/mol. The molecule has 6 nitrogen and oxygen atoms in total. The highest BCUT2D eigenvalue weighted by molar-refractivity contribution is 5.84. The van der Waals surface area contributed by atoms with Crippen molar-refractivity contribution in [1.82, 2.24) is 4.90 Å². The first-order chi connectivity index (χ1) is 14.5. The van der Waals surface area contributed by atoms with Crippen molar-refractivity contribution in [3.63, 3.8) is 0 Å². The third-order valence-electron chi connectivity index (χ3n) is 7.08. The molecule has 2 aliphatic carbocycles. The molecule has 2 bridgehead atoms. The number of benzene rings is 1. The summed E-state index contributed by atoms with van der Waals surface area (Å²) in [5.41, 5.74) is 3.20. The van der Waals surface area contributed by atoms with E-state index >= 15 is 0 Å². The molecule has 1 N–H and O–H groups in total. The minimum Gasteiger partial charge on any atom is -0.497 e. The van der Waals surface area contributed by atoms with Crippen LogP contribution in [0, 0.1) is 5.92 Å². The van der Waals surface area contributed by atoms with E-state index in [1.54, 1.807) is 13.2 Å². The van der Waals surface area contributed by atoms with E-state index in [2.05, 4.69) is 17.0 Å². The summed E-state index contributed by atoms with van der Waals surface area (Å²) in [7, 11) is 3.07. The zero-order valence-corrected chi connectivity index (χ0v) is 17.9. The minimum atomic E-state index is -0.783. The number of ether oxygens (including phenoxy) is 2. The minimum absolute atomic E-state index is 0.128. The Morgan fingerprint density at radius 3 is 2.77 bits per heavy atom. The maximum Gasteiger partial charge on any atom is 0.330 e. The molecule has 0 spiro atoms. The molecule has 30 heavy (non-hydrogen) atoms. The van der Waals surface area contributed by atoms with Crippen LogP contribution in [-0.2, 0) is 26.2 Å². The summed E-state index contributed by atoms with van der Waals surface area (Å²) in [6, 6.07) is 6.39. The monoisotopic (exact) mass is 413 g/mol. The highest BCUT2D eigenvalue weighted by Crippen LogP contribution is 2.52. The van der Waals surface area contributed by atoms with Crippen molar-refractivity contribution in [1.29, 1.82) is 0 Å². The number of methoxy groups -OCH3 is 2. The highest BCUT2D eigenvalue weighted by Gasteiger charge is 2.50. The second kappa shape index (κ2) is 8.42. The normalized spacial score (nSPS) is 26.9. The Bertz CT molecular complexity index is 859. The van der Waals surface area contributed by atoms with Crippen molar-refractivity contribution in [2.24, 2.45) is 5.92 Å². The molecule has 0 radical (unpaired) electrons. The van der Waals surface area contributed by atoms with Gasteiger partial charge in [-0.2, -0.15) is 0 Å². The smallest absolute Gasteiger partial charge is 0.330 e. The van der Waals surface area contributed by atoms with Crippen LogP contribution < -0.4 is 4.74 Å². The number of carbonyl (C=O) groups excluding carboxylic acids is 1. The Labute approximate surface area is 177 Å². The van der Waals surface area contributed by atoms with Crippen LogP contribution >= 0.6 is 0 Å². The Balaban J connectivity index is 1.80. The van der Waals surface area contributed by atoms with Crippen molar-refractivity contribution < 1.29 is 24.2 Å². The van der Waals surface area contributed by atoms with Crippen LogP contribution in [-0.4, -0.2) is 55.3 Å². The first-order valence-corrected chi connectivity index (χ1v) is 10.9. The van der Waals surface area contributed by atoms with Gasteiger partial charge in [-0.05, 0) is 79.8 Å². The van der Waals surface area contributed by atoms with Crippen molar-refractivity contribution >= 4 is 11.9 Å². The van der Waals surface area contributed by atoms with E-state index in [0.29, 0.717) is 12.8 Å². The summed E-state index contributed by atoms with van der Waals surface area (Å²) in [6.45, 7) is 2.03. The molecule has 162 valence electrons. The molecule has 1 aromatic carbocycles. The summed E-state index contributed by atoms with van der Waals surface area (Å²) in [5, 5.41) is 9.22. The number of carboxylic acid groups (broad SMARTS) is 1. The number of hydrogen-bond acceptors (Lipinski definition) is 5. The lowest BCUT2D eigenvalue weighted by Gasteiger charge is -2.54. The number of fused-ring (bicyclic) bond motifs is 4. The van der Waals surface area contributed by atoms with Crippen LogP contribution in [0.2, 0.25) is 0 Å². The second-order valence-electron chi connectivity index (χ2n) is 8.88. The highest BCUT2D eigenvalue weighted by atomic mass is 16.5. The molecular weight excluding hydrogens is 382 g/mol. The van der Waals surface area contributed by atoms with Gasteiger partial charge < -0.3 is 14.6 Å². The van der Waals surface area contributed by atoms with Gasteiger partial charge in [0.1, 0.15) is 5.75 Å². The molecule has 4 rings (SSSR count). The van der Waals surface area contributed by atoms with Crippen molar-refractivity contribution in [2.75, 3.05) is 27.3 Å². The number of aliphatic carboxylic acids is 1. The quantitative estimate of drug-likeness (QED) is 0.520. The zero-order chi connectivity index (χ0) is 21.3. The summed E-state index contributed by atoms with van der Waals surface area (Å²) in [6.07, 6.45) is 7.40. The van der Waals surface area contributed by atoms with Gasteiger partial charge in [-0.3, -0.25) is 9.69 Å². The van der Waals surface area contributed by atoms with Gasteiger partial charge >= 0.3 is 11.9 Å². The number of carbonyl (C=O) groups is 2. The van der Waals surface area contributed by atoms with Crippen LogP contribution in [0.4, 0.5) is 0 Å². The molecule has 1 heterocycles. The fraction of sp³-hybridized carbons (Fsp3) is 0.583. The lowest BCUT2D eigenvalue weighted by atomic mass is 9.58. The number of hydrogen-bond donors (Lipinski definition) is 1. The van der Waals surface area contributed by atoms with E-state index < -0.39 is 5.97 Å². The van der Waals surface area contributed by atoms with E-state index in [4.69, 9.17) is 9.47 Å². The SMILES string of the molecule is COC(=O)/C=C1\[C@H]2Cc3ccc(OC)cc3[C@]1(CCCC(=O)O)CCN2CC1CC1. The second-order valence-corrected chi connectivity index (χ2v) is 8.88. The Hall–Kier alpha value is -2.34. The molecule has 1 aliphatic heterocycles. The predicted octanol–water partition coefficient (Wildman–Crippen LogP) is 3.33. The van der Waals surface area contributed by atoms with Crippen LogP contribution in [0.5, 0.6) is 5.75 Å². The van der Waals surface area contributed by atoms with E-state index in [9.17, 15) is 14.7 Å². The van der Waals surface area contributed by atoms with Gasteiger partial charge in [0.25, 0.3) is 0 Å². The summed E-state index contributed by atoms with van der Waals surface area (Å²) in [4.78, 5) is 26.1. The van der Waals surface area contributed by atoms with Gasteiger partial charge in [0.15, 0.2) is 0 Å². The van der Waals surface area contributed by atoms with Gasteiger partial charge in [-0.25, -0.2) is 4.79 Å². The lowest BCUT2D eigenvalue weighted by molar-refractivity contribution is -0.137. The van der Waals surface area contributed by atoms with Crippen molar-refractivity contribution in [3.8, 4) is 5.75 Å². The summed E-state index contributed by atoms with van der Waals surface area (Å²) >= 11 is 0. The fourth-order valence-corrected chi connectivity index (χ4v) is 5.41. The molecular formula is C24H31NO5.